The van der Waals surface area contributed by atoms with Crippen molar-refractivity contribution in [2.24, 2.45) is 0 Å². The zero-order valence-electron chi connectivity index (χ0n) is 21.7. The van der Waals surface area contributed by atoms with E-state index in [2.05, 4.69) is 16.0 Å². The van der Waals surface area contributed by atoms with E-state index in [0.717, 1.165) is 17.1 Å². The van der Waals surface area contributed by atoms with E-state index in [0.29, 0.717) is 11.3 Å². The van der Waals surface area contributed by atoms with Crippen LogP contribution in [-0.4, -0.2) is 64.6 Å². The van der Waals surface area contributed by atoms with Crippen LogP contribution >= 0.6 is 0 Å². The Morgan fingerprint density at radius 1 is 0.951 bits per heavy atom. The maximum atomic E-state index is 12.4. The molecule has 15 heteroatoms. The molecule has 5 amide bonds. The number of benzene rings is 2. The molecule has 1 aliphatic rings. The number of rotatable bonds is 12. The van der Waals surface area contributed by atoms with Crippen LogP contribution < -0.4 is 20.7 Å². The monoisotopic (exact) mass is 567 g/mol. The van der Waals surface area contributed by atoms with E-state index in [4.69, 9.17) is 9.47 Å². The maximum absolute atomic E-state index is 12.4. The number of amides is 5. The molecule has 1 atom stereocenters. The number of hydrogen-bond donors (Lipinski definition) is 3. The number of imide groups is 1. The van der Waals surface area contributed by atoms with Gasteiger partial charge in [0.2, 0.25) is 17.7 Å². The molecule has 41 heavy (non-hydrogen) atoms. The van der Waals surface area contributed by atoms with Crippen LogP contribution in [0.25, 0.3) is 0 Å². The highest BCUT2D eigenvalue weighted by Gasteiger charge is 2.24. The van der Waals surface area contributed by atoms with Gasteiger partial charge in [0.25, 0.3) is 17.5 Å². The molecule has 15 nitrogen and oxygen atoms in total. The lowest BCUT2D eigenvalue weighted by Crippen LogP contribution is -2.46. The van der Waals surface area contributed by atoms with Crippen LogP contribution in [0.15, 0.2) is 60.7 Å². The molecular formula is C26H25N5O10. The van der Waals surface area contributed by atoms with Gasteiger partial charge in [-0.2, -0.15) is 0 Å². The summed E-state index contributed by atoms with van der Waals surface area (Å²) in [6.45, 7) is 0.789. The zero-order valence-corrected chi connectivity index (χ0v) is 21.7. The van der Waals surface area contributed by atoms with E-state index in [1.165, 1.54) is 31.2 Å². The minimum absolute atomic E-state index is 0.0768. The molecule has 1 heterocycles. The molecule has 3 N–H and O–H groups in total. The van der Waals surface area contributed by atoms with Crippen molar-refractivity contribution in [3.05, 3.63) is 76.4 Å². The molecule has 1 aliphatic heterocycles. The highest BCUT2D eigenvalue weighted by Crippen LogP contribution is 2.18. The Morgan fingerprint density at radius 2 is 1.59 bits per heavy atom. The van der Waals surface area contributed by atoms with E-state index >= 15 is 0 Å². The van der Waals surface area contributed by atoms with Crippen LogP contribution in [0.2, 0.25) is 0 Å². The van der Waals surface area contributed by atoms with Gasteiger partial charge in [-0.25, -0.2) is 4.79 Å². The molecule has 0 radical (unpaired) electrons. The molecule has 214 valence electrons. The summed E-state index contributed by atoms with van der Waals surface area (Å²) in [5.74, 6) is -2.64. The van der Waals surface area contributed by atoms with Crippen molar-refractivity contribution in [2.45, 2.75) is 26.0 Å². The summed E-state index contributed by atoms with van der Waals surface area (Å²) >= 11 is 0. The molecule has 0 saturated carbocycles. The number of non-ortho nitro benzene ring substituents is 1. The van der Waals surface area contributed by atoms with Crippen molar-refractivity contribution in [3.63, 3.8) is 0 Å². The van der Waals surface area contributed by atoms with E-state index < -0.39 is 53.2 Å². The molecule has 0 bridgehead atoms. The smallest absolute Gasteiger partial charge is 0.429 e. The van der Waals surface area contributed by atoms with Crippen molar-refractivity contribution in [3.8, 4) is 5.75 Å². The van der Waals surface area contributed by atoms with Gasteiger partial charge >= 0.3 is 6.16 Å². The Morgan fingerprint density at radius 3 is 2.20 bits per heavy atom. The number of nitro benzene ring substituents is 1. The normalized spacial score (nSPS) is 12.9. The van der Waals surface area contributed by atoms with Gasteiger partial charge in [0, 0.05) is 42.9 Å². The molecule has 2 aromatic rings. The lowest BCUT2D eigenvalue weighted by atomic mass is 10.2. The van der Waals surface area contributed by atoms with Gasteiger partial charge in [-0.15, -0.1) is 0 Å². The summed E-state index contributed by atoms with van der Waals surface area (Å²) in [4.78, 5) is 82.2. The molecule has 3 rings (SSSR count). The first-order valence-electron chi connectivity index (χ1n) is 12.1. The number of nitro groups is 1. The van der Waals surface area contributed by atoms with Gasteiger partial charge in [0.1, 0.15) is 18.4 Å². The molecule has 0 fully saturated rings. The Bertz CT molecular complexity index is 1350. The highest BCUT2D eigenvalue weighted by atomic mass is 16.7. The van der Waals surface area contributed by atoms with Gasteiger partial charge < -0.3 is 25.4 Å². The number of carbonyl (C=O) groups excluding carboxylic acids is 6. The molecule has 0 saturated heterocycles. The second-order valence-corrected chi connectivity index (χ2v) is 8.56. The quantitative estimate of drug-likeness (QED) is 0.110. The zero-order chi connectivity index (χ0) is 29.9. The van der Waals surface area contributed by atoms with Crippen molar-refractivity contribution in [2.75, 3.05) is 18.4 Å². The summed E-state index contributed by atoms with van der Waals surface area (Å²) in [7, 11) is 0. The topological polar surface area (TPSA) is 203 Å². The molecule has 0 unspecified atom stereocenters. The predicted octanol–water partition coefficient (Wildman–Crippen LogP) is 1.18. The predicted molar refractivity (Wildman–Crippen MR) is 140 cm³/mol. The summed E-state index contributed by atoms with van der Waals surface area (Å²) < 4.78 is 9.96. The third kappa shape index (κ3) is 9.27. The van der Waals surface area contributed by atoms with Crippen LogP contribution in [0.3, 0.4) is 0 Å². The van der Waals surface area contributed by atoms with Crippen LogP contribution in [0, 0.1) is 10.1 Å². The number of nitrogens with zero attached hydrogens (tertiary/aromatic N) is 2. The number of anilines is 1. The average Bonchev–Trinajstić information content (AvgIpc) is 3.27. The van der Waals surface area contributed by atoms with Crippen LogP contribution in [0.4, 0.5) is 16.2 Å². The molecule has 0 spiro atoms. The van der Waals surface area contributed by atoms with Gasteiger partial charge in [-0.05, 0) is 36.8 Å². The summed E-state index contributed by atoms with van der Waals surface area (Å²) in [5.41, 5.74) is 0.832. The van der Waals surface area contributed by atoms with Crippen LogP contribution in [0.1, 0.15) is 18.9 Å². The molecule has 0 aliphatic carbocycles. The number of ether oxygens (including phenoxy) is 2. The minimum Gasteiger partial charge on any atom is -0.429 e. The number of nitrogens with one attached hydrogen (secondary N) is 3. The van der Waals surface area contributed by atoms with E-state index in [1.54, 1.807) is 24.3 Å². The van der Waals surface area contributed by atoms with Crippen molar-refractivity contribution in [1.29, 1.82) is 0 Å². The Balaban J connectivity index is 1.34. The summed E-state index contributed by atoms with van der Waals surface area (Å²) in [5, 5.41) is 18.1. The maximum Gasteiger partial charge on any atom is 0.514 e. The average molecular weight is 568 g/mol. The minimum atomic E-state index is -1.01. The lowest BCUT2D eigenvalue weighted by Gasteiger charge is -2.15. The first kappa shape index (κ1) is 29.9. The van der Waals surface area contributed by atoms with E-state index in [-0.39, 0.29) is 31.0 Å². The second kappa shape index (κ2) is 14.0. The molecule has 2 aromatic carbocycles. The Kier molecular flexibility index (Phi) is 10.2. The van der Waals surface area contributed by atoms with Crippen molar-refractivity contribution >= 4 is 47.1 Å². The third-order valence-corrected chi connectivity index (χ3v) is 5.51. The van der Waals surface area contributed by atoms with Gasteiger partial charge in [-0.1, -0.05) is 12.1 Å². The molecule has 0 aromatic heterocycles. The number of carbonyl (C=O) groups is 6. The highest BCUT2D eigenvalue weighted by molar-refractivity contribution is 6.13. The van der Waals surface area contributed by atoms with E-state index in [9.17, 15) is 38.9 Å². The van der Waals surface area contributed by atoms with Crippen LogP contribution in [0.5, 0.6) is 5.75 Å². The first-order chi connectivity index (χ1) is 19.5. The standard InChI is InChI=1S/C26H25N5O10/c1-16(28-22(33)14-27-21(32)12-13-30-23(34)10-11-24(30)35)25(36)29-18-4-2-17(3-5-18)15-40-26(37)41-20-8-6-19(7-9-20)31(38)39/h2-11,16H,12-15H2,1H3,(H,27,32)(H,28,33)(H,29,36)/t16-/m0/s1. The van der Waals surface area contributed by atoms with Crippen molar-refractivity contribution in [1.82, 2.24) is 15.5 Å². The fourth-order valence-corrected chi connectivity index (χ4v) is 3.33. The summed E-state index contributed by atoms with van der Waals surface area (Å²) in [6, 6.07) is 10.2. The SMILES string of the molecule is C[C@H](NC(=O)CNC(=O)CCN1C(=O)C=CC1=O)C(=O)Nc1ccc(COC(=O)Oc2ccc([N+](=O)[O-])cc2)cc1. The largest absolute Gasteiger partial charge is 0.514 e. The fourth-order valence-electron chi connectivity index (χ4n) is 3.33. The van der Waals surface area contributed by atoms with Gasteiger partial charge in [0.05, 0.1) is 11.5 Å². The fraction of sp³-hybridized carbons (Fsp3) is 0.231. The Labute approximate surface area is 232 Å². The third-order valence-electron chi connectivity index (χ3n) is 5.51. The van der Waals surface area contributed by atoms with Crippen molar-refractivity contribution < 1.29 is 43.2 Å². The van der Waals surface area contributed by atoms with Gasteiger partial charge in [-0.3, -0.25) is 39.0 Å². The van der Waals surface area contributed by atoms with Crippen LogP contribution in [-0.2, 0) is 35.3 Å². The summed E-state index contributed by atoms with van der Waals surface area (Å²) in [6.07, 6.45) is 1.03. The molecular weight excluding hydrogens is 542 g/mol. The van der Waals surface area contributed by atoms with Gasteiger partial charge in [0.15, 0.2) is 0 Å². The Hall–Kier alpha value is -5.60. The second-order valence-electron chi connectivity index (χ2n) is 8.56. The number of hydrogen-bond acceptors (Lipinski definition) is 10. The lowest BCUT2D eigenvalue weighted by molar-refractivity contribution is -0.384. The first-order valence-corrected chi connectivity index (χ1v) is 12.1. The van der Waals surface area contributed by atoms with E-state index in [1.807, 2.05) is 0 Å².